The maximum absolute atomic E-state index is 3.90. The summed E-state index contributed by atoms with van der Waals surface area (Å²) in [7, 11) is 0. The van der Waals surface area contributed by atoms with Crippen molar-refractivity contribution in [2.45, 2.75) is 34.2 Å². The van der Waals surface area contributed by atoms with Gasteiger partial charge in [-0.2, -0.15) is 0 Å². The van der Waals surface area contributed by atoms with E-state index in [2.05, 4.69) is 58.0 Å². The number of halogens is 1. The molecule has 0 amide bonds. The van der Waals surface area contributed by atoms with Gasteiger partial charge in [-0.05, 0) is 43.2 Å². The van der Waals surface area contributed by atoms with Crippen molar-refractivity contribution >= 4 is 27.7 Å². The molecule has 0 saturated heterocycles. The van der Waals surface area contributed by atoms with E-state index in [1.165, 1.54) is 24.2 Å². The molecule has 80 valence electrons. The monoisotopic (exact) mass is 282 g/mol. The Balaban J connectivity index is 1.74. The van der Waals surface area contributed by atoms with Crippen LogP contribution in [-0.2, 0) is 0 Å². The highest BCUT2D eigenvalue weighted by Gasteiger charge is 2.46. The van der Waals surface area contributed by atoms with E-state index in [0.717, 1.165) is 21.9 Å². The highest BCUT2D eigenvalue weighted by atomic mass is 79.9. The number of rotatable bonds is 2. The largest absolute Gasteiger partial charge is 0.121 e. The molecule has 0 heterocycles. The van der Waals surface area contributed by atoms with Gasteiger partial charge in [-0.3, -0.25) is 0 Å². The van der Waals surface area contributed by atoms with Gasteiger partial charge < -0.3 is 0 Å². The predicted octanol–water partition coefficient (Wildman–Crippen LogP) is 4.34. The fourth-order valence-corrected chi connectivity index (χ4v) is 5.64. The summed E-state index contributed by atoms with van der Waals surface area (Å²) in [5.41, 5.74) is 0. The zero-order valence-corrected chi connectivity index (χ0v) is 11.0. The number of hydrogen-bond donors (Lipinski definition) is 0. The van der Waals surface area contributed by atoms with Crippen molar-refractivity contribution in [2.24, 2.45) is 11.8 Å². The molecule has 2 saturated carbocycles. The van der Waals surface area contributed by atoms with Crippen molar-refractivity contribution in [1.82, 2.24) is 0 Å². The first-order chi connectivity index (χ1) is 7.34. The third-order valence-electron chi connectivity index (χ3n) is 3.76. The van der Waals surface area contributed by atoms with Crippen molar-refractivity contribution in [1.29, 1.82) is 0 Å². The lowest BCUT2D eigenvalue weighted by Gasteiger charge is -2.26. The minimum absolute atomic E-state index is 0.751. The fourth-order valence-electron chi connectivity index (χ4n) is 2.99. The molecule has 0 unspecified atom stereocenters. The molecule has 1 aromatic rings. The van der Waals surface area contributed by atoms with Gasteiger partial charge in [0.2, 0.25) is 0 Å². The van der Waals surface area contributed by atoms with E-state index >= 15 is 0 Å². The van der Waals surface area contributed by atoms with Gasteiger partial charge in [-0.15, -0.1) is 11.8 Å². The topological polar surface area (TPSA) is 0 Å². The van der Waals surface area contributed by atoms with Crippen LogP contribution >= 0.6 is 27.7 Å². The molecule has 0 aliphatic heterocycles. The Hall–Kier alpha value is 0.0500. The molecular weight excluding hydrogens is 268 g/mol. The molecule has 0 radical (unpaired) electrons. The Morgan fingerprint density at radius 1 is 1.07 bits per heavy atom. The van der Waals surface area contributed by atoms with Crippen LogP contribution in [0.5, 0.6) is 0 Å². The fraction of sp³-hybridized carbons (Fsp3) is 0.538. The molecule has 0 aromatic heterocycles. The second-order valence-electron chi connectivity index (χ2n) is 4.67. The zero-order valence-electron chi connectivity index (χ0n) is 8.60. The molecule has 0 spiro atoms. The third kappa shape index (κ3) is 1.87. The zero-order chi connectivity index (χ0) is 10.3. The van der Waals surface area contributed by atoms with Gasteiger partial charge in [0.15, 0.2) is 0 Å². The molecule has 2 aliphatic rings. The van der Waals surface area contributed by atoms with Gasteiger partial charge in [0.05, 0.1) is 0 Å². The number of hydrogen-bond acceptors (Lipinski definition) is 1. The van der Waals surface area contributed by atoms with E-state index in [1.54, 1.807) is 0 Å². The highest BCUT2D eigenvalue weighted by molar-refractivity contribution is 9.09. The smallest absolute Gasteiger partial charge is 0.0299 e. The summed E-state index contributed by atoms with van der Waals surface area (Å²) < 4.78 is 0. The maximum atomic E-state index is 3.90. The summed E-state index contributed by atoms with van der Waals surface area (Å²) >= 11 is 5.97. The molecule has 2 heteroatoms. The van der Waals surface area contributed by atoms with E-state index in [4.69, 9.17) is 0 Å². The minimum atomic E-state index is 0.751. The first-order valence-electron chi connectivity index (χ1n) is 5.70. The second-order valence-corrected chi connectivity index (χ2v) is 6.98. The van der Waals surface area contributed by atoms with Crippen molar-refractivity contribution in [2.75, 3.05) is 0 Å². The molecule has 3 rings (SSSR count). The van der Waals surface area contributed by atoms with Gasteiger partial charge in [-0.1, -0.05) is 34.1 Å². The first kappa shape index (κ1) is 10.2. The van der Waals surface area contributed by atoms with Crippen molar-refractivity contribution in [3.63, 3.8) is 0 Å². The van der Waals surface area contributed by atoms with Crippen LogP contribution in [-0.4, -0.2) is 10.1 Å². The summed E-state index contributed by atoms with van der Waals surface area (Å²) in [6.45, 7) is 0. The van der Waals surface area contributed by atoms with Crippen LogP contribution in [0.3, 0.4) is 0 Å². The Labute approximate surface area is 104 Å². The summed E-state index contributed by atoms with van der Waals surface area (Å²) in [6, 6.07) is 10.8. The van der Waals surface area contributed by atoms with E-state index in [1.807, 2.05) is 0 Å². The van der Waals surface area contributed by atoms with Crippen LogP contribution in [0.2, 0.25) is 0 Å². The Morgan fingerprint density at radius 3 is 2.47 bits per heavy atom. The Morgan fingerprint density at radius 2 is 1.80 bits per heavy atom. The molecule has 15 heavy (non-hydrogen) atoms. The summed E-state index contributed by atoms with van der Waals surface area (Å²) in [4.78, 5) is 2.18. The van der Waals surface area contributed by atoms with Crippen molar-refractivity contribution in [3.8, 4) is 0 Å². The van der Waals surface area contributed by atoms with Crippen molar-refractivity contribution in [3.05, 3.63) is 30.3 Å². The van der Waals surface area contributed by atoms with Gasteiger partial charge in [0.25, 0.3) is 0 Å². The number of fused-ring (bicyclic) bond motifs is 2. The van der Waals surface area contributed by atoms with Crippen LogP contribution in [0, 0.1) is 11.8 Å². The van der Waals surface area contributed by atoms with Gasteiger partial charge in [0, 0.05) is 15.0 Å². The predicted molar refractivity (Wildman–Crippen MR) is 69.6 cm³/mol. The summed E-state index contributed by atoms with van der Waals surface area (Å²) in [5.74, 6) is 1.92. The number of thioether (sulfide) groups is 1. The first-order valence-corrected chi connectivity index (χ1v) is 7.50. The Bertz CT molecular complexity index is 336. The van der Waals surface area contributed by atoms with E-state index < -0.39 is 0 Å². The van der Waals surface area contributed by atoms with E-state index in [9.17, 15) is 0 Å². The van der Waals surface area contributed by atoms with Gasteiger partial charge in [0.1, 0.15) is 0 Å². The molecule has 4 atom stereocenters. The molecule has 0 nitrogen and oxygen atoms in total. The van der Waals surface area contributed by atoms with Crippen LogP contribution in [0.25, 0.3) is 0 Å². The van der Waals surface area contributed by atoms with Crippen LogP contribution in [0.15, 0.2) is 35.2 Å². The quantitative estimate of drug-likeness (QED) is 0.727. The molecule has 1 aromatic carbocycles. The summed E-state index contributed by atoms with van der Waals surface area (Å²) in [6.07, 6.45) is 4.37. The van der Waals surface area contributed by atoms with Gasteiger partial charge >= 0.3 is 0 Å². The van der Waals surface area contributed by atoms with E-state index in [-0.39, 0.29) is 0 Å². The molecule has 2 bridgehead atoms. The van der Waals surface area contributed by atoms with Gasteiger partial charge in [-0.25, -0.2) is 0 Å². The molecular formula is C13H15BrS. The average molecular weight is 283 g/mol. The van der Waals surface area contributed by atoms with Crippen molar-refractivity contribution < 1.29 is 0 Å². The molecule has 2 fully saturated rings. The number of alkyl halides is 1. The molecule has 0 N–H and O–H groups in total. The summed E-state index contributed by atoms with van der Waals surface area (Å²) in [5, 5.41) is 0.811. The average Bonchev–Trinajstić information content (AvgIpc) is 2.84. The normalized spacial score (nSPS) is 38.5. The lowest BCUT2D eigenvalue weighted by molar-refractivity contribution is 0.509. The minimum Gasteiger partial charge on any atom is -0.121 e. The number of benzene rings is 1. The standard InChI is InChI=1S/C13H15BrS/c14-12-9-6-7-10(8-9)13(12)15-11-4-2-1-3-5-11/h1-5,9-10,12-13H,6-8H2/t9-,10+,12-,13-/m1/s1. The lowest BCUT2D eigenvalue weighted by atomic mass is 10.0. The van der Waals surface area contributed by atoms with Crippen LogP contribution in [0.1, 0.15) is 19.3 Å². The Kier molecular flexibility index (Phi) is 2.82. The molecule has 2 aliphatic carbocycles. The second kappa shape index (κ2) is 4.14. The maximum Gasteiger partial charge on any atom is 0.0299 e. The lowest BCUT2D eigenvalue weighted by Crippen LogP contribution is -2.24. The van der Waals surface area contributed by atoms with Crippen LogP contribution in [0.4, 0.5) is 0 Å². The highest BCUT2D eigenvalue weighted by Crippen LogP contribution is 2.53. The van der Waals surface area contributed by atoms with E-state index in [0.29, 0.717) is 0 Å². The third-order valence-corrected chi connectivity index (χ3v) is 6.92. The van der Waals surface area contributed by atoms with Crippen LogP contribution < -0.4 is 0 Å². The SMILES string of the molecule is Br[C@@H]1[C@@H]2CC[C@@H](C2)[C@H]1Sc1ccccc1.